The van der Waals surface area contributed by atoms with Gasteiger partial charge in [-0.2, -0.15) is 0 Å². The number of nitrogens with zero attached hydrogens (tertiary/aromatic N) is 1. The Kier molecular flexibility index (Phi) is 4.53. The normalized spacial score (nSPS) is 19.3. The number of anilines is 1. The van der Waals surface area contributed by atoms with E-state index in [9.17, 15) is 30.8 Å². The van der Waals surface area contributed by atoms with E-state index in [-0.39, 0.29) is 18.7 Å². The largest absolute Gasteiger partial charge is 0.573 e. The highest BCUT2D eigenvalue weighted by atomic mass is 32.2. The van der Waals surface area contributed by atoms with E-state index in [1.54, 1.807) is 0 Å². The molecule has 0 spiro atoms. The van der Waals surface area contributed by atoms with Crippen LogP contribution in [0, 0.1) is 11.7 Å². The summed E-state index contributed by atoms with van der Waals surface area (Å²) >= 11 is 0. The number of carbonyl (C=O) groups is 1. The topological polar surface area (TPSA) is 89.7 Å². The van der Waals surface area contributed by atoms with Crippen LogP contribution in [0.1, 0.15) is 6.42 Å². The molecule has 2 N–H and O–H groups in total. The lowest BCUT2D eigenvalue weighted by atomic mass is 10.1. The van der Waals surface area contributed by atoms with E-state index in [4.69, 9.17) is 5.14 Å². The first-order valence-corrected chi connectivity index (χ1v) is 8.02. The zero-order valence-electron chi connectivity index (χ0n) is 11.5. The molecule has 0 radical (unpaired) electrons. The summed E-state index contributed by atoms with van der Waals surface area (Å²) in [7, 11) is -3.77. The van der Waals surface area contributed by atoms with Crippen LogP contribution in [0.4, 0.5) is 23.2 Å². The summed E-state index contributed by atoms with van der Waals surface area (Å²) in [6.07, 6.45) is -5.13. The molecule has 1 amide bonds. The Hall–Kier alpha value is -1.88. The maximum atomic E-state index is 13.7. The smallest absolute Gasteiger partial charge is 0.403 e. The Bertz CT molecular complexity index is 720. The molecular formula is C12H12F4N2O4S. The van der Waals surface area contributed by atoms with Crippen molar-refractivity contribution in [2.75, 3.05) is 17.2 Å². The number of rotatable bonds is 4. The van der Waals surface area contributed by atoms with E-state index in [0.717, 1.165) is 23.1 Å². The molecule has 1 saturated heterocycles. The maximum absolute atomic E-state index is 13.7. The fourth-order valence-corrected chi connectivity index (χ4v) is 3.22. The monoisotopic (exact) mass is 356 g/mol. The lowest BCUT2D eigenvalue weighted by Gasteiger charge is -2.18. The molecule has 0 aliphatic carbocycles. The second-order valence-electron chi connectivity index (χ2n) is 5.07. The van der Waals surface area contributed by atoms with Gasteiger partial charge in [0.05, 0.1) is 5.75 Å². The van der Waals surface area contributed by atoms with Gasteiger partial charge in [0, 0.05) is 30.6 Å². The number of carbonyl (C=O) groups excluding carboxylic acids is 1. The second kappa shape index (κ2) is 5.96. The first-order valence-electron chi connectivity index (χ1n) is 6.31. The van der Waals surface area contributed by atoms with Crippen molar-refractivity contribution in [3.63, 3.8) is 0 Å². The molecule has 1 heterocycles. The number of ether oxygens (including phenoxy) is 1. The highest BCUT2D eigenvalue weighted by molar-refractivity contribution is 7.89. The number of halogens is 4. The number of alkyl halides is 3. The molecule has 1 fully saturated rings. The van der Waals surface area contributed by atoms with Crippen molar-refractivity contribution < 1.29 is 35.5 Å². The molecule has 6 nitrogen and oxygen atoms in total. The van der Waals surface area contributed by atoms with E-state index in [0.29, 0.717) is 0 Å². The third kappa shape index (κ3) is 4.79. The molecule has 128 valence electrons. The SMILES string of the molecule is NS(=O)(=O)CC1CC(=O)N(c2ccc(OC(F)(F)F)c(F)c2)C1. The van der Waals surface area contributed by atoms with Gasteiger partial charge < -0.3 is 9.64 Å². The summed E-state index contributed by atoms with van der Waals surface area (Å²) in [4.78, 5) is 12.9. The first kappa shape index (κ1) is 17.5. The summed E-state index contributed by atoms with van der Waals surface area (Å²) in [5.41, 5.74) is 0.0129. The standard InChI is InChI=1S/C12H12F4N2O4S/c13-9-4-8(1-2-10(9)22-12(14,15)16)18-5-7(3-11(18)19)6-23(17,20)21/h1-2,4,7H,3,5-6H2,(H2,17,20,21). The van der Waals surface area contributed by atoms with E-state index >= 15 is 0 Å². The van der Waals surface area contributed by atoms with Crippen LogP contribution in [0.2, 0.25) is 0 Å². The third-order valence-electron chi connectivity index (χ3n) is 3.13. The quantitative estimate of drug-likeness (QED) is 0.825. The zero-order chi connectivity index (χ0) is 17.4. The summed E-state index contributed by atoms with van der Waals surface area (Å²) in [6.45, 7) is -0.0197. The molecule has 1 aliphatic heterocycles. The van der Waals surface area contributed by atoms with Crippen LogP contribution in [-0.2, 0) is 14.8 Å². The predicted molar refractivity (Wildman–Crippen MR) is 71.5 cm³/mol. The van der Waals surface area contributed by atoms with Gasteiger partial charge in [0.15, 0.2) is 11.6 Å². The second-order valence-corrected chi connectivity index (χ2v) is 6.73. The highest BCUT2D eigenvalue weighted by Gasteiger charge is 2.35. The molecule has 0 aromatic heterocycles. The van der Waals surface area contributed by atoms with Gasteiger partial charge in [-0.15, -0.1) is 13.2 Å². The first-order chi connectivity index (χ1) is 10.4. The third-order valence-corrected chi connectivity index (χ3v) is 4.06. The lowest BCUT2D eigenvalue weighted by molar-refractivity contribution is -0.275. The van der Waals surface area contributed by atoms with Gasteiger partial charge in [-0.25, -0.2) is 17.9 Å². The summed E-state index contributed by atoms with van der Waals surface area (Å²) in [5, 5.41) is 4.91. The molecule has 0 bridgehead atoms. The number of nitrogens with two attached hydrogens (primary N) is 1. The lowest BCUT2D eigenvalue weighted by Crippen LogP contribution is -2.27. The predicted octanol–water partition coefficient (Wildman–Crippen LogP) is 1.37. The highest BCUT2D eigenvalue weighted by Crippen LogP contribution is 2.31. The minimum atomic E-state index is -5.04. The molecule has 1 unspecified atom stereocenters. The molecule has 11 heteroatoms. The van der Waals surface area contributed by atoms with Crippen LogP contribution < -0.4 is 14.8 Å². The van der Waals surface area contributed by atoms with Crippen LogP contribution in [0.5, 0.6) is 5.75 Å². The molecule has 23 heavy (non-hydrogen) atoms. The molecule has 0 saturated carbocycles. The Labute approximate surface area is 128 Å². The average molecular weight is 356 g/mol. The van der Waals surface area contributed by atoms with Gasteiger partial charge in [0.25, 0.3) is 0 Å². The van der Waals surface area contributed by atoms with E-state index in [2.05, 4.69) is 4.74 Å². The molecule has 2 rings (SSSR count). The van der Waals surface area contributed by atoms with Crippen LogP contribution in [-0.4, -0.2) is 33.0 Å². The van der Waals surface area contributed by atoms with Gasteiger partial charge >= 0.3 is 6.36 Å². The number of amides is 1. The van der Waals surface area contributed by atoms with Crippen molar-refractivity contribution in [3.8, 4) is 5.75 Å². The maximum Gasteiger partial charge on any atom is 0.573 e. The van der Waals surface area contributed by atoms with Gasteiger partial charge in [0.1, 0.15) is 0 Å². The van der Waals surface area contributed by atoms with Gasteiger partial charge in [-0.05, 0) is 12.1 Å². The van der Waals surface area contributed by atoms with Crippen molar-refractivity contribution in [1.82, 2.24) is 0 Å². The van der Waals surface area contributed by atoms with Gasteiger partial charge in [0.2, 0.25) is 15.9 Å². The van der Waals surface area contributed by atoms with Crippen LogP contribution in [0.3, 0.4) is 0 Å². The number of benzene rings is 1. The Morgan fingerprint density at radius 1 is 1.35 bits per heavy atom. The van der Waals surface area contributed by atoms with E-state index in [1.807, 2.05) is 0 Å². The fourth-order valence-electron chi connectivity index (χ4n) is 2.34. The Balaban J connectivity index is 2.16. The van der Waals surface area contributed by atoms with E-state index < -0.39 is 45.5 Å². The van der Waals surface area contributed by atoms with Crippen molar-refractivity contribution in [3.05, 3.63) is 24.0 Å². The molecule has 1 aromatic carbocycles. The van der Waals surface area contributed by atoms with Crippen LogP contribution in [0.25, 0.3) is 0 Å². The average Bonchev–Trinajstić information content (AvgIpc) is 2.68. The minimum absolute atomic E-state index is 0.0129. The van der Waals surface area contributed by atoms with Gasteiger partial charge in [-0.1, -0.05) is 0 Å². The summed E-state index contributed by atoms with van der Waals surface area (Å²) in [6, 6.07) is 2.55. The van der Waals surface area contributed by atoms with Crippen molar-refractivity contribution >= 4 is 21.6 Å². The molecule has 1 atom stereocenters. The number of hydrogen-bond acceptors (Lipinski definition) is 4. The van der Waals surface area contributed by atoms with Gasteiger partial charge in [-0.3, -0.25) is 4.79 Å². The number of sulfonamides is 1. The van der Waals surface area contributed by atoms with Crippen molar-refractivity contribution in [2.45, 2.75) is 12.8 Å². The summed E-state index contributed by atoms with van der Waals surface area (Å²) < 4.78 is 75.4. The van der Waals surface area contributed by atoms with E-state index in [1.165, 1.54) is 0 Å². The zero-order valence-corrected chi connectivity index (χ0v) is 12.3. The minimum Gasteiger partial charge on any atom is -0.403 e. The van der Waals surface area contributed by atoms with Crippen LogP contribution >= 0.6 is 0 Å². The Morgan fingerprint density at radius 3 is 2.52 bits per heavy atom. The Morgan fingerprint density at radius 2 is 2.00 bits per heavy atom. The number of primary sulfonamides is 1. The number of hydrogen-bond donors (Lipinski definition) is 1. The molecule has 1 aliphatic rings. The van der Waals surface area contributed by atoms with Crippen molar-refractivity contribution in [2.24, 2.45) is 11.1 Å². The molecule has 1 aromatic rings. The fraction of sp³-hybridized carbons (Fsp3) is 0.417. The summed E-state index contributed by atoms with van der Waals surface area (Å²) in [5.74, 6) is -3.75. The van der Waals surface area contributed by atoms with Crippen molar-refractivity contribution in [1.29, 1.82) is 0 Å². The molecular weight excluding hydrogens is 344 g/mol. The van der Waals surface area contributed by atoms with Crippen LogP contribution in [0.15, 0.2) is 18.2 Å².